The summed E-state index contributed by atoms with van der Waals surface area (Å²) in [6.07, 6.45) is 1.33. The standard InChI is InChI=1S/C21H22N2O5S/c1-27-17-9-11-18(12-10-17)29(25,26)23-19(20-8-5-13-28-20)14-21(24)22-15-16-6-3-2-4-7-16/h2-13,19,23H,14-15H2,1H3,(H,22,24)/t19-/m0/s1. The van der Waals surface area contributed by atoms with Crippen molar-refractivity contribution in [3.8, 4) is 5.75 Å². The summed E-state index contributed by atoms with van der Waals surface area (Å²) < 4.78 is 38.5. The van der Waals surface area contributed by atoms with E-state index in [4.69, 9.17) is 9.15 Å². The minimum absolute atomic E-state index is 0.0690. The Labute approximate surface area is 169 Å². The molecule has 7 nitrogen and oxygen atoms in total. The van der Waals surface area contributed by atoms with Gasteiger partial charge in [-0.25, -0.2) is 8.42 Å². The number of hydrogen-bond donors (Lipinski definition) is 2. The maximum Gasteiger partial charge on any atom is 0.241 e. The van der Waals surface area contributed by atoms with Gasteiger partial charge >= 0.3 is 0 Å². The van der Waals surface area contributed by atoms with E-state index < -0.39 is 16.1 Å². The van der Waals surface area contributed by atoms with E-state index in [1.54, 1.807) is 24.3 Å². The van der Waals surface area contributed by atoms with Crippen LogP contribution in [-0.4, -0.2) is 21.4 Å². The van der Waals surface area contributed by atoms with Gasteiger partial charge in [0, 0.05) is 6.54 Å². The van der Waals surface area contributed by atoms with Gasteiger partial charge in [-0.3, -0.25) is 4.79 Å². The fraction of sp³-hybridized carbons (Fsp3) is 0.190. The van der Waals surface area contributed by atoms with Crippen LogP contribution in [0.15, 0.2) is 82.3 Å². The number of furan rings is 1. The molecule has 0 aliphatic heterocycles. The second-order valence-electron chi connectivity index (χ2n) is 6.33. The zero-order valence-electron chi connectivity index (χ0n) is 15.9. The summed E-state index contributed by atoms with van der Waals surface area (Å²) in [6, 6.07) is 17.9. The highest BCUT2D eigenvalue weighted by atomic mass is 32.2. The van der Waals surface area contributed by atoms with E-state index in [1.807, 2.05) is 30.3 Å². The molecule has 1 heterocycles. The van der Waals surface area contributed by atoms with Crippen LogP contribution >= 0.6 is 0 Å². The first-order chi connectivity index (χ1) is 14.0. The molecule has 29 heavy (non-hydrogen) atoms. The number of hydrogen-bond acceptors (Lipinski definition) is 5. The van der Waals surface area contributed by atoms with Crippen LogP contribution in [0.25, 0.3) is 0 Å². The van der Waals surface area contributed by atoms with Gasteiger partial charge in [-0.15, -0.1) is 0 Å². The zero-order valence-corrected chi connectivity index (χ0v) is 16.7. The Morgan fingerprint density at radius 2 is 1.76 bits per heavy atom. The first-order valence-electron chi connectivity index (χ1n) is 8.98. The van der Waals surface area contributed by atoms with Crippen LogP contribution in [0.5, 0.6) is 5.75 Å². The molecule has 152 valence electrons. The van der Waals surface area contributed by atoms with Crippen molar-refractivity contribution >= 4 is 15.9 Å². The van der Waals surface area contributed by atoms with Crippen molar-refractivity contribution in [3.05, 3.63) is 84.3 Å². The van der Waals surface area contributed by atoms with E-state index in [2.05, 4.69) is 10.0 Å². The molecule has 0 saturated carbocycles. The van der Waals surface area contributed by atoms with Crippen LogP contribution in [0.2, 0.25) is 0 Å². The van der Waals surface area contributed by atoms with E-state index in [9.17, 15) is 13.2 Å². The molecule has 0 radical (unpaired) electrons. The predicted octanol–water partition coefficient (Wildman–Crippen LogP) is 3.01. The Morgan fingerprint density at radius 3 is 2.38 bits per heavy atom. The number of sulfonamides is 1. The van der Waals surface area contributed by atoms with Gasteiger partial charge in [0.05, 0.1) is 30.7 Å². The molecule has 2 N–H and O–H groups in total. The lowest BCUT2D eigenvalue weighted by Gasteiger charge is -2.17. The molecular formula is C21H22N2O5S. The van der Waals surface area contributed by atoms with Gasteiger partial charge in [-0.05, 0) is 42.0 Å². The molecule has 1 atom stereocenters. The van der Waals surface area contributed by atoms with Crippen molar-refractivity contribution in [1.29, 1.82) is 0 Å². The van der Waals surface area contributed by atoms with E-state index in [0.29, 0.717) is 18.1 Å². The number of rotatable bonds is 9. The molecule has 3 rings (SSSR count). The second-order valence-corrected chi connectivity index (χ2v) is 8.05. The number of ether oxygens (including phenoxy) is 1. The van der Waals surface area contributed by atoms with Gasteiger partial charge in [0.25, 0.3) is 0 Å². The number of nitrogens with one attached hydrogen (secondary N) is 2. The van der Waals surface area contributed by atoms with Gasteiger partial charge in [0.1, 0.15) is 11.5 Å². The monoisotopic (exact) mass is 414 g/mol. The number of methoxy groups -OCH3 is 1. The fourth-order valence-corrected chi connectivity index (χ4v) is 3.96. The quantitative estimate of drug-likeness (QED) is 0.561. The Kier molecular flexibility index (Phi) is 6.69. The van der Waals surface area contributed by atoms with Gasteiger partial charge in [0.2, 0.25) is 15.9 Å². The molecule has 0 bridgehead atoms. The molecule has 8 heteroatoms. The molecule has 0 unspecified atom stereocenters. The largest absolute Gasteiger partial charge is 0.497 e. The van der Waals surface area contributed by atoms with E-state index >= 15 is 0 Å². The van der Waals surface area contributed by atoms with Crippen LogP contribution in [0.4, 0.5) is 0 Å². The van der Waals surface area contributed by atoms with E-state index in [1.165, 1.54) is 25.5 Å². The topological polar surface area (TPSA) is 97.6 Å². The highest BCUT2D eigenvalue weighted by molar-refractivity contribution is 7.89. The molecule has 2 aromatic carbocycles. The number of carbonyl (C=O) groups is 1. The maximum absolute atomic E-state index is 12.8. The molecule has 0 fully saturated rings. The molecule has 0 aliphatic carbocycles. The zero-order chi connectivity index (χ0) is 20.7. The van der Waals surface area contributed by atoms with Gasteiger partial charge in [-0.2, -0.15) is 4.72 Å². The summed E-state index contributed by atoms with van der Waals surface area (Å²) in [6.45, 7) is 0.357. The molecule has 0 aliphatic rings. The van der Waals surface area contributed by atoms with Crippen molar-refractivity contribution in [1.82, 2.24) is 10.0 Å². The summed E-state index contributed by atoms with van der Waals surface area (Å²) in [5.74, 6) is 0.608. The van der Waals surface area contributed by atoms with Crippen molar-refractivity contribution in [2.24, 2.45) is 0 Å². The van der Waals surface area contributed by atoms with Crippen molar-refractivity contribution in [2.45, 2.75) is 23.9 Å². The third-order valence-corrected chi connectivity index (χ3v) is 5.76. The van der Waals surface area contributed by atoms with Gasteiger partial charge < -0.3 is 14.5 Å². The Balaban J connectivity index is 1.71. The third-order valence-electron chi connectivity index (χ3n) is 4.28. The Bertz CT molecular complexity index is 1020. The van der Waals surface area contributed by atoms with Gasteiger partial charge in [-0.1, -0.05) is 30.3 Å². The van der Waals surface area contributed by atoms with Crippen LogP contribution in [0, 0.1) is 0 Å². The normalized spacial score (nSPS) is 12.3. The molecule has 1 amide bonds. The highest BCUT2D eigenvalue weighted by Gasteiger charge is 2.25. The lowest BCUT2D eigenvalue weighted by Crippen LogP contribution is -2.33. The maximum atomic E-state index is 12.8. The molecule has 0 saturated heterocycles. The Morgan fingerprint density at radius 1 is 1.03 bits per heavy atom. The van der Waals surface area contributed by atoms with Crippen LogP contribution in [-0.2, 0) is 21.4 Å². The van der Waals surface area contributed by atoms with Crippen molar-refractivity contribution < 1.29 is 22.4 Å². The highest BCUT2D eigenvalue weighted by Crippen LogP contribution is 2.22. The average Bonchev–Trinajstić information content (AvgIpc) is 3.27. The summed E-state index contributed by atoms with van der Waals surface area (Å²) in [5.41, 5.74) is 0.953. The molecule has 1 aromatic heterocycles. The third kappa shape index (κ3) is 5.69. The number of amides is 1. The van der Waals surface area contributed by atoms with Crippen molar-refractivity contribution in [2.75, 3.05) is 7.11 Å². The van der Waals surface area contributed by atoms with Crippen LogP contribution < -0.4 is 14.8 Å². The lowest BCUT2D eigenvalue weighted by atomic mass is 10.1. The summed E-state index contributed by atoms with van der Waals surface area (Å²) >= 11 is 0. The summed E-state index contributed by atoms with van der Waals surface area (Å²) in [7, 11) is -2.37. The minimum atomic E-state index is -3.87. The predicted molar refractivity (Wildman–Crippen MR) is 108 cm³/mol. The van der Waals surface area contributed by atoms with Crippen molar-refractivity contribution in [3.63, 3.8) is 0 Å². The molecule has 0 spiro atoms. The van der Waals surface area contributed by atoms with E-state index in [0.717, 1.165) is 5.56 Å². The first kappa shape index (κ1) is 20.6. The first-order valence-corrected chi connectivity index (χ1v) is 10.5. The summed E-state index contributed by atoms with van der Waals surface area (Å²) in [4.78, 5) is 12.5. The smallest absolute Gasteiger partial charge is 0.241 e. The van der Waals surface area contributed by atoms with Gasteiger partial charge in [0.15, 0.2) is 0 Å². The SMILES string of the molecule is COc1ccc(S(=O)(=O)N[C@@H](CC(=O)NCc2ccccc2)c2ccco2)cc1. The molecule has 3 aromatic rings. The van der Waals surface area contributed by atoms with Crippen LogP contribution in [0.1, 0.15) is 23.8 Å². The lowest BCUT2D eigenvalue weighted by molar-refractivity contribution is -0.121. The second kappa shape index (κ2) is 9.40. The average molecular weight is 414 g/mol. The fourth-order valence-electron chi connectivity index (χ4n) is 2.75. The summed E-state index contributed by atoms with van der Waals surface area (Å²) in [5, 5.41) is 2.80. The molecular weight excluding hydrogens is 392 g/mol. The van der Waals surface area contributed by atoms with E-state index in [-0.39, 0.29) is 17.2 Å². The number of benzene rings is 2. The van der Waals surface area contributed by atoms with Crippen LogP contribution in [0.3, 0.4) is 0 Å². The minimum Gasteiger partial charge on any atom is -0.497 e. The Hall–Kier alpha value is -3.10. The number of carbonyl (C=O) groups excluding carboxylic acids is 1.